The van der Waals surface area contributed by atoms with Crippen LogP contribution in [-0.4, -0.2) is 19.6 Å². The second-order valence-corrected chi connectivity index (χ2v) is 6.16. The molecule has 0 aliphatic heterocycles. The lowest BCUT2D eigenvalue weighted by atomic mass is 10.1. The Morgan fingerprint density at radius 2 is 1.82 bits per heavy atom. The molecule has 0 atom stereocenters. The maximum absolute atomic E-state index is 14.0. The van der Waals surface area contributed by atoms with E-state index in [0.29, 0.717) is 30.2 Å². The van der Waals surface area contributed by atoms with Crippen molar-refractivity contribution in [1.82, 2.24) is 10.6 Å². The molecule has 7 heteroatoms. The quantitative estimate of drug-likeness (QED) is 0.341. The van der Waals surface area contributed by atoms with Gasteiger partial charge in [0, 0.05) is 31.3 Å². The number of hydrogen-bond acceptors (Lipinski definition) is 3. The average molecular weight is 496 g/mol. The molecule has 0 unspecified atom stereocenters. The SMILES string of the molecule is CCCOc1cc(C)ccc1CNC(=NC)NCc1ccc(C#N)cc1F.I. The van der Waals surface area contributed by atoms with Crippen molar-refractivity contribution in [2.75, 3.05) is 13.7 Å². The monoisotopic (exact) mass is 496 g/mol. The van der Waals surface area contributed by atoms with Crippen LogP contribution in [0.2, 0.25) is 0 Å². The molecule has 150 valence electrons. The second-order valence-electron chi connectivity index (χ2n) is 6.16. The third kappa shape index (κ3) is 7.00. The summed E-state index contributed by atoms with van der Waals surface area (Å²) in [5.74, 6) is 1.00. The lowest BCUT2D eigenvalue weighted by Crippen LogP contribution is -2.36. The summed E-state index contributed by atoms with van der Waals surface area (Å²) in [5.41, 5.74) is 2.95. The Morgan fingerprint density at radius 1 is 1.14 bits per heavy atom. The van der Waals surface area contributed by atoms with Gasteiger partial charge in [-0.05, 0) is 37.1 Å². The highest BCUT2D eigenvalue weighted by molar-refractivity contribution is 14.0. The molecule has 2 N–H and O–H groups in total. The molecule has 2 aromatic rings. The van der Waals surface area contributed by atoms with E-state index in [1.807, 2.05) is 31.2 Å². The van der Waals surface area contributed by atoms with Gasteiger partial charge >= 0.3 is 0 Å². The van der Waals surface area contributed by atoms with Crippen LogP contribution in [0.15, 0.2) is 41.4 Å². The van der Waals surface area contributed by atoms with E-state index in [9.17, 15) is 4.39 Å². The van der Waals surface area contributed by atoms with E-state index in [0.717, 1.165) is 23.3 Å². The number of guanidine groups is 1. The Morgan fingerprint density at radius 3 is 2.43 bits per heavy atom. The first-order valence-corrected chi connectivity index (χ1v) is 8.92. The van der Waals surface area contributed by atoms with Crippen LogP contribution in [0, 0.1) is 24.1 Å². The molecule has 0 bridgehead atoms. The minimum Gasteiger partial charge on any atom is -0.493 e. The van der Waals surface area contributed by atoms with Gasteiger partial charge in [-0.1, -0.05) is 25.1 Å². The molecule has 0 fully saturated rings. The van der Waals surface area contributed by atoms with E-state index in [1.165, 1.54) is 6.07 Å². The molecule has 0 amide bonds. The van der Waals surface area contributed by atoms with Crippen LogP contribution in [0.25, 0.3) is 0 Å². The summed E-state index contributed by atoms with van der Waals surface area (Å²) in [6.45, 7) is 5.57. The van der Waals surface area contributed by atoms with Crippen LogP contribution >= 0.6 is 24.0 Å². The molecular weight excluding hydrogens is 470 g/mol. The van der Waals surface area contributed by atoms with Crippen LogP contribution in [0.3, 0.4) is 0 Å². The fraction of sp³-hybridized carbons (Fsp3) is 0.333. The molecule has 0 aromatic heterocycles. The van der Waals surface area contributed by atoms with Crippen LogP contribution in [0.5, 0.6) is 5.75 Å². The Bertz CT molecular complexity index is 849. The minimum absolute atomic E-state index is 0. The highest BCUT2D eigenvalue weighted by Gasteiger charge is 2.07. The first-order chi connectivity index (χ1) is 13.1. The molecule has 0 spiro atoms. The summed E-state index contributed by atoms with van der Waals surface area (Å²) in [4.78, 5) is 4.17. The van der Waals surface area contributed by atoms with Gasteiger partial charge in [0.15, 0.2) is 5.96 Å². The molecule has 0 saturated heterocycles. The van der Waals surface area contributed by atoms with Gasteiger partial charge in [-0.15, -0.1) is 24.0 Å². The number of aliphatic imine (C=N–C) groups is 1. The number of aryl methyl sites for hydroxylation is 1. The molecule has 2 rings (SSSR count). The Balaban J connectivity index is 0.00000392. The lowest BCUT2D eigenvalue weighted by Gasteiger charge is -2.15. The summed E-state index contributed by atoms with van der Waals surface area (Å²) >= 11 is 0. The van der Waals surface area contributed by atoms with Crippen molar-refractivity contribution in [3.05, 3.63) is 64.5 Å². The molecule has 0 aliphatic carbocycles. The number of benzene rings is 2. The van der Waals surface area contributed by atoms with Gasteiger partial charge in [0.25, 0.3) is 0 Å². The van der Waals surface area contributed by atoms with Gasteiger partial charge in [-0.2, -0.15) is 5.26 Å². The van der Waals surface area contributed by atoms with E-state index < -0.39 is 5.82 Å². The zero-order chi connectivity index (χ0) is 19.6. The first kappa shape index (κ1) is 23.7. The van der Waals surface area contributed by atoms with Crippen molar-refractivity contribution < 1.29 is 9.13 Å². The van der Waals surface area contributed by atoms with Crippen molar-refractivity contribution in [3.8, 4) is 11.8 Å². The minimum atomic E-state index is -0.411. The summed E-state index contributed by atoms with van der Waals surface area (Å²) in [7, 11) is 1.66. The average Bonchev–Trinajstić information content (AvgIpc) is 2.68. The molecule has 0 aliphatic rings. The summed E-state index contributed by atoms with van der Waals surface area (Å²) in [6, 6.07) is 12.4. The van der Waals surface area contributed by atoms with Gasteiger partial charge < -0.3 is 15.4 Å². The van der Waals surface area contributed by atoms with Crippen LogP contribution < -0.4 is 15.4 Å². The number of nitrogens with one attached hydrogen (secondary N) is 2. The fourth-order valence-electron chi connectivity index (χ4n) is 2.49. The Hall–Kier alpha value is -2.34. The van der Waals surface area contributed by atoms with Crippen LogP contribution in [-0.2, 0) is 13.1 Å². The lowest BCUT2D eigenvalue weighted by molar-refractivity contribution is 0.313. The summed E-state index contributed by atoms with van der Waals surface area (Å²) in [6.07, 6.45) is 0.945. The summed E-state index contributed by atoms with van der Waals surface area (Å²) < 4.78 is 19.8. The van der Waals surface area contributed by atoms with Crippen molar-refractivity contribution in [3.63, 3.8) is 0 Å². The van der Waals surface area contributed by atoms with Gasteiger partial charge in [-0.25, -0.2) is 4.39 Å². The third-order valence-electron chi connectivity index (χ3n) is 3.98. The molecule has 0 radical (unpaired) electrons. The van der Waals surface area contributed by atoms with Gasteiger partial charge in [0.2, 0.25) is 0 Å². The normalized spacial score (nSPS) is 10.6. The van der Waals surface area contributed by atoms with E-state index in [1.54, 1.807) is 19.2 Å². The number of halogens is 2. The molecule has 0 saturated carbocycles. The maximum Gasteiger partial charge on any atom is 0.191 e. The number of hydrogen-bond donors (Lipinski definition) is 2. The van der Waals surface area contributed by atoms with E-state index in [4.69, 9.17) is 10.00 Å². The molecule has 2 aromatic carbocycles. The van der Waals surface area contributed by atoms with Gasteiger partial charge in [-0.3, -0.25) is 4.99 Å². The Kier molecular flexibility index (Phi) is 10.3. The largest absolute Gasteiger partial charge is 0.493 e. The zero-order valence-electron chi connectivity index (χ0n) is 16.4. The number of ether oxygens (including phenoxy) is 1. The third-order valence-corrected chi connectivity index (χ3v) is 3.98. The number of nitrogens with zero attached hydrogens (tertiary/aromatic N) is 2. The predicted octanol–water partition coefficient (Wildman–Crippen LogP) is 4.28. The molecular formula is C21H26FIN4O. The van der Waals surface area contributed by atoms with Gasteiger partial charge in [0.05, 0.1) is 18.2 Å². The molecule has 28 heavy (non-hydrogen) atoms. The van der Waals surface area contributed by atoms with Crippen molar-refractivity contribution in [2.45, 2.75) is 33.4 Å². The van der Waals surface area contributed by atoms with Crippen molar-refractivity contribution >= 4 is 29.9 Å². The van der Waals surface area contributed by atoms with Crippen LogP contribution in [0.4, 0.5) is 4.39 Å². The smallest absolute Gasteiger partial charge is 0.191 e. The Labute approximate surface area is 183 Å². The number of nitriles is 1. The first-order valence-electron chi connectivity index (χ1n) is 8.92. The highest BCUT2D eigenvalue weighted by Crippen LogP contribution is 2.20. The van der Waals surface area contributed by atoms with E-state index in [2.05, 4.69) is 22.5 Å². The number of rotatable bonds is 7. The van der Waals surface area contributed by atoms with Crippen LogP contribution in [0.1, 0.15) is 35.6 Å². The fourth-order valence-corrected chi connectivity index (χ4v) is 2.49. The van der Waals surface area contributed by atoms with Crippen molar-refractivity contribution in [2.24, 2.45) is 4.99 Å². The topological polar surface area (TPSA) is 69.4 Å². The second kappa shape index (κ2) is 12.2. The predicted molar refractivity (Wildman–Crippen MR) is 121 cm³/mol. The van der Waals surface area contributed by atoms with Gasteiger partial charge in [0.1, 0.15) is 11.6 Å². The van der Waals surface area contributed by atoms with E-state index in [-0.39, 0.29) is 30.5 Å². The maximum atomic E-state index is 14.0. The molecule has 5 nitrogen and oxygen atoms in total. The van der Waals surface area contributed by atoms with E-state index >= 15 is 0 Å². The zero-order valence-corrected chi connectivity index (χ0v) is 18.7. The summed E-state index contributed by atoms with van der Waals surface area (Å²) in [5, 5.41) is 15.1. The standard InChI is InChI=1S/C21H25FN4O.HI/c1-4-9-27-20-10-15(2)5-7-18(20)14-26-21(24-3)25-13-17-8-6-16(12-23)11-19(17)22;/h5-8,10-11H,4,9,13-14H2,1-3H3,(H2,24,25,26);1H. The van der Waals surface area contributed by atoms with Crippen molar-refractivity contribution in [1.29, 1.82) is 5.26 Å². The molecule has 0 heterocycles. The highest BCUT2D eigenvalue weighted by atomic mass is 127.